The molecule has 0 heterocycles. The lowest BCUT2D eigenvalue weighted by molar-refractivity contribution is -0.138. The van der Waals surface area contributed by atoms with Crippen LogP contribution in [0.3, 0.4) is 0 Å². The third kappa shape index (κ3) is 4.86. The maximum atomic E-state index is 15.0. The van der Waals surface area contributed by atoms with Crippen LogP contribution in [0.25, 0.3) is 0 Å². The van der Waals surface area contributed by atoms with Crippen molar-refractivity contribution in [2.24, 2.45) is 0 Å². The number of carbonyl (C=O) groups is 1. The lowest BCUT2D eigenvalue weighted by Gasteiger charge is -2.29. The van der Waals surface area contributed by atoms with Gasteiger partial charge in [0.05, 0.1) is 10.1 Å². The van der Waals surface area contributed by atoms with E-state index in [0.717, 1.165) is 0 Å². The molecule has 2 rings (SSSR count). The minimum absolute atomic E-state index is 0.0299. The van der Waals surface area contributed by atoms with E-state index in [1.54, 1.807) is 19.1 Å². The topological polar surface area (TPSA) is 37.3 Å². The Morgan fingerprint density at radius 1 is 1.00 bits per heavy atom. The second kappa shape index (κ2) is 7.70. The van der Waals surface area contributed by atoms with Crippen molar-refractivity contribution in [3.05, 3.63) is 50.0 Å². The first kappa shape index (κ1) is 23.9. The summed E-state index contributed by atoms with van der Waals surface area (Å²) in [6.45, 7) is 13.1. The molecule has 0 saturated heterocycles. The van der Waals surface area contributed by atoms with E-state index in [-0.39, 0.29) is 27.8 Å². The van der Waals surface area contributed by atoms with E-state index < -0.39 is 29.0 Å². The molecule has 0 saturated carbocycles. The largest absolute Gasteiger partial charge is 0.507 e. The normalized spacial score (nSPS) is 16.1. The molecule has 29 heavy (non-hydrogen) atoms. The Morgan fingerprint density at radius 2 is 1.45 bits per heavy atom. The van der Waals surface area contributed by atoms with Gasteiger partial charge in [0.15, 0.2) is 0 Å². The molecule has 0 fully saturated rings. The summed E-state index contributed by atoms with van der Waals surface area (Å²) < 4.78 is 29.9. The second-order valence-corrected chi connectivity index (χ2v) is 10.6. The Labute approximate surface area is 181 Å². The number of phenolic OH excluding ortho intramolecular Hbond substituents is 1. The van der Waals surface area contributed by atoms with Gasteiger partial charge in [0.1, 0.15) is 5.75 Å². The molecule has 0 spiro atoms. The van der Waals surface area contributed by atoms with Gasteiger partial charge in [-0.2, -0.15) is 8.78 Å². The highest BCUT2D eigenvalue weighted by atomic mass is 35.5. The van der Waals surface area contributed by atoms with E-state index in [0.29, 0.717) is 22.3 Å². The number of benzene rings is 1. The Balaban J connectivity index is 2.49. The lowest BCUT2D eigenvalue weighted by Crippen LogP contribution is -2.33. The number of ketones is 1. The van der Waals surface area contributed by atoms with Crippen LogP contribution in [0.1, 0.15) is 71.6 Å². The standard InChI is InChI=1S/C23H28Cl2F2O2/c1-12-8-14(18(25)17(12)24)20(29)23(26,27)11-13-9-15(21(2,3)4)19(28)16(10-13)22(5,6)7/h9-10,28H,8,11H2,1-7H3. The summed E-state index contributed by atoms with van der Waals surface area (Å²) in [5.41, 5.74) is 0.983. The monoisotopic (exact) mass is 444 g/mol. The molecule has 0 aromatic heterocycles. The number of rotatable bonds is 4. The summed E-state index contributed by atoms with van der Waals surface area (Å²) in [6, 6.07) is 3.12. The molecule has 0 amide bonds. The predicted octanol–water partition coefficient (Wildman–Crippen LogP) is 7.14. The molecular formula is C23H28Cl2F2O2. The predicted molar refractivity (Wildman–Crippen MR) is 115 cm³/mol. The van der Waals surface area contributed by atoms with Gasteiger partial charge in [-0.25, -0.2) is 0 Å². The summed E-state index contributed by atoms with van der Waals surface area (Å²) >= 11 is 12.0. The number of Topliss-reactive ketones (excluding diaryl/α,β-unsaturated/α-hetero) is 1. The minimum atomic E-state index is -3.64. The van der Waals surface area contributed by atoms with E-state index in [1.807, 2.05) is 41.5 Å². The molecule has 1 N–H and O–H groups in total. The summed E-state index contributed by atoms with van der Waals surface area (Å²) in [5, 5.41) is 10.8. The fraction of sp³-hybridized carbons (Fsp3) is 0.522. The number of aromatic hydroxyl groups is 1. The highest BCUT2D eigenvalue weighted by Crippen LogP contribution is 2.43. The van der Waals surface area contributed by atoms with E-state index >= 15 is 0 Å². The van der Waals surface area contributed by atoms with E-state index in [9.17, 15) is 18.7 Å². The number of phenols is 1. The van der Waals surface area contributed by atoms with Gasteiger partial charge < -0.3 is 5.11 Å². The molecule has 0 bridgehead atoms. The van der Waals surface area contributed by atoms with Crippen molar-refractivity contribution < 1.29 is 18.7 Å². The van der Waals surface area contributed by atoms with Gasteiger partial charge in [-0.3, -0.25) is 4.79 Å². The van der Waals surface area contributed by atoms with Gasteiger partial charge in [-0.15, -0.1) is 0 Å². The molecule has 2 nitrogen and oxygen atoms in total. The van der Waals surface area contributed by atoms with Gasteiger partial charge in [-0.05, 0) is 40.0 Å². The van der Waals surface area contributed by atoms with Gasteiger partial charge >= 0.3 is 5.92 Å². The summed E-state index contributed by atoms with van der Waals surface area (Å²) in [4.78, 5) is 12.6. The molecule has 0 atom stereocenters. The molecule has 0 aliphatic heterocycles. The molecule has 6 heteroatoms. The number of alkyl halides is 2. The number of hydrogen-bond donors (Lipinski definition) is 1. The van der Waals surface area contributed by atoms with Crippen LogP contribution in [0.4, 0.5) is 8.78 Å². The van der Waals surface area contributed by atoms with E-state index in [1.165, 1.54) is 0 Å². The number of halogens is 4. The van der Waals surface area contributed by atoms with Crippen LogP contribution < -0.4 is 0 Å². The van der Waals surface area contributed by atoms with Crippen LogP contribution in [-0.2, 0) is 22.0 Å². The zero-order valence-corrected chi connectivity index (χ0v) is 19.4. The Hall–Kier alpha value is -1.39. The third-order valence-electron chi connectivity index (χ3n) is 5.09. The number of hydrogen-bond acceptors (Lipinski definition) is 2. The van der Waals surface area contributed by atoms with Gasteiger partial charge in [0.25, 0.3) is 0 Å². The lowest BCUT2D eigenvalue weighted by atomic mass is 9.77. The smallest absolute Gasteiger partial charge is 0.313 e. The second-order valence-electron chi connectivity index (χ2n) is 9.81. The van der Waals surface area contributed by atoms with Crippen molar-refractivity contribution in [3.8, 4) is 5.75 Å². The van der Waals surface area contributed by atoms with Crippen molar-refractivity contribution in [1.29, 1.82) is 0 Å². The van der Waals surface area contributed by atoms with Crippen LogP contribution in [0.15, 0.2) is 33.3 Å². The van der Waals surface area contributed by atoms with Gasteiger partial charge in [-0.1, -0.05) is 76.9 Å². The van der Waals surface area contributed by atoms with Gasteiger partial charge in [0, 0.05) is 18.4 Å². The van der Waals surface area contributed by atoms with Crippen molar-refractivity contribution in [1.82, 2.24) is 0 Å². The van der Waals surface area contributed by atoms with Crippen molar-refractivity contribution >= 4 is 29.0 Å². The maximum absolute atomic E-state index is 15.0. The van der Waals surface area contributed by atoms with E-state index in [4.69, 9.17) is 23.2 Å². The number of carbonyl (C=O) groups excluding carboxylic acids is 1. The number of allylic oxidation sites excluding steroid dienone is 4. The summed E-state index contributed by atoms with van der Waals surface area (Å²) in [5.74, 6) is -4.84. The van der Waals surface area contributed by atoms with Crippen LogP contribution >= 0.6 is 23.2 Å². The molecule has 0 unspecified atom stereocenters. The zero-order chi connectivity index (χ0) is 22.5. The molecule has 0 radical (unpaired) electrons. The highest BCUT2D eigenvalue weighted by Gasteiger charge is 2.43. The maximum Gasteiger partial charge on any atom is 0.313 e. The van der Waals surface area contributed by atoms with Crippen molar-refractivity contribution in [2.75, 3.05) is 0 Å². The van der Waals surface area contributed by atoms with Crippen molar-refractivity contribution in [2.45, 2.75) is 78.1 Å². The molecule has 1 aliphatic carbocycles. The Kier molecular flexibility index (Phi) is 6.34. The first-order chi connectivity index (χ1) is 13.0. The molecule has 1 aromatic rings. The van der Waals surface area contributed by atoms with Crippen LogP contribution in [-0.4, -0.2) is 16.8 Å². The van der Waals surface area contributed by atoms with Crippen LogP contribution in [0.5, 0.6) is 5.75 Å². The average molecular weight is 445 g/mol. The average Bonchev–Trinajstić information content (AvgIpc) is 2.80. The third-order valence-corrected chi connectivity index (χ3v) is 6.12. The minimum Gasteiger partial charge on any atom is -0.507 e. The zero-order valence-electron chi connectivity index (χ0n) is 17.9. The van der Waals surface area contributed by atoms with E-state index in [2.05, 4.69) is 0 Å². The fourth-order valence-electron chi connectivity index (χ4n) is 3.42. The highest BCUT2D eigenvalue weighted by molar-refractivity contribution is 6.46. The Bertz CT molecular complexity index is 879. The summed E-state index contributed by atoms with van der Waals surface area (Å²) in [6.07, 6.45) is -0.745. The first-order valence-electron chi connectivity index (χ1n) is 9.50. The quantitative estimate of drug-likeness (QED) is 0.535. The molecule has 1 aliphatic rings. The van der Waals surface area contributed by atoms with Gasteiger partial charge in [0.2, 0.25) is 5.78 Å². The fourth-order valence-corrected chi connectivity index (χ4v) is 3.91. The van der Waals surface area contributed by atoms with Crippen molar-refractivity contribution in [3.63, 3.8) is 0 Å². The Morgan fingerprint density at radius 3 is 1.79 bits per heavy atom. The van der Waals surface area contributed by atoms with Crippen LogP contribution in [0.2, 0.25) is 0 Å². The van der Waals surface area contributed by atoms with Crippen LogP contribution in [0, 0.1) is 0 Å². The molecule has 160 valence electrons. The molecule has 1 aromatic carbocycles. The summed E-state index contributed by atoms with van der Waals surface area (Å²) in [7, 11) is 0. The SMILES string of the molecule is CC1=C(Cl)C(Cl)=C(C(=O)C(F)(F)Cc2cc(C(C)(C)C)c(O)c(C(C)(C)C)c2)C1. The molecular weight excluding hydrogens is 417 g/mol. The first-order valence-corrected chi connectivity index (χ1v) is 10.3.